The third-order valence-corrected chi connectivity index (χ3v) is 4.83. The SMILES string of the molecule is Cc1cc(C)c(S(C)(=O)=O)c(Cc2ccccc2C)c1. The van der Waals surface area contributed by atoms with E-state index in [-0.39, 0.29) is 0 Å². The van der Waals surface area contributed by atoms with E-state index in [2.05, 4.69) is 19.1 Å². The van der Waals surface area contributed by atoms with E-state index in [1.165, 1.54) is 17.4 Å². The first-order chi connectivity index (χ1) is 9.29. The highest BCUT2D eigenvalue weighted by atomic mass is 32.2. The Balaban J connectivity index is 2.60. The predicted octanol–water partition coefficient (Wildman–Crippen LogP) is 3.61. The van der Waals surface area contributed by atoms with Crippen LogP contribution in [-0.4, -0.2) is 14.7 Å². The van der Waals surface area contributed by atoms with Gasteiger partial charge in [-0.3, -0.25) is 0 Å². The van der Waals surface area contributed by atoms with Gasteiger partial charge in [-0.05, 0) is 49.4 Å². The molecule has 2 aromatic rings. The molecule has 0 aliphatic carbocycles. The van der Waals surface area contributed by atoms with Crippen LogP contribution in [0.1, 0.15) is 27.8 Å². The molecule has 0 spiro atoms. The van der Waals surface area contributed by atoms with Crippen molar-refractivity contribution in [3.63, 3.8) is 0 Å². The van der Waals surface area contributed by atoms with Crippen molar-refractivity contribution >= 4 is 9.84 Å². The lowest BCUT2D eigenvalue weighted by molar-refractivity contribution is 0.600. The van der Waals surface area contributed by atoms with Crippen LogP contribution in [0.15, 0.2) is 41.3 Å². The second-order valence-electron chi connectivity index (χ2n) is 5.45. The van der Waals surface area contributed by atoms with Crippen LogP contribution in [0.3, 0.4) is 0 Å². The zero-order chi connectivity index (χ0) is 14.9. The van der Waals surface area contributed by atoms with Gasteiger partial charge in [0.25, 0.3) is 0 Å². The molecule has 0 aromatic heterocycles. The molecule has 0 saturated heterocycles. The first-order valence-electron chi connectivity index (χ1n) is 6.63. The number of aryl methyl sites for hydroxylation is 3. The van der Waals surface area contributed by atoms with Gasteiger partial charge in [-0.1, -0.05) is 42.0 Å². The molecule has 0 fully saturated rings. The molecule has 0 atom stereocenters. The maximum Gasteiger partial charge on any atom is 0.176 e. The molecule has 20 heavy (non-hydrogen) atoms. The predicted molar refractivity (Wildman–Crippen MR) is 83.0 cm³/mol. The average molecular weight is 288 g/mol. The molecule has 0 aliphatic rings. The third-order valence-electron chi connectivity index (χ3n) is 3.51. The second kappa shape index (κ2) is 5.41. The molecular weight excluding hydrogens is 268 g/mol. The average Bonchev–Trinajstić information content (AvgIpc) is 2.29. The largest absolute Gasteiger partial charge is 0.224 e. The zero-order valence-electron chi connectivity index (χ0n) is 12.4. The molecule has 3 heteroatoms. The van der Waals surface area contributed by atoms with Gasteiger partial charge in [0.2, 0.25) is 0 Å². The van der Waals surface area contributed by atoms with Gasteiger partial charge in [0.05, 0.1) is 4.90 Å². The molecule has 2 nitrogen and oxygen atoms in total. The maximum absolute atomic E-state index is 12.1. The van der Waals surface area contributed by atoms with E-state index in [0.717, 1.165) is 16.7 Å². The number of hydrogen-bond acceptors (Lipinski definition) is 2. The normalized spacial score (nSPS) is 11.6. The van der Waals surface area contributed by atoms with Gasteiger partial charge in [0, 0.05) is 6.26 Å². The smallest absolute Gasteiger partial charge is 0.176 e. The number of benzene rings is 2. The Morgan fingerprint density at radius 1 is 0.900 bits per heavy atom. The Hall–Kier alpha value is -1.61. The lowest BCUT2D eigenvalue weighted by atomic mass is 9.98. The first-order valence-corrected chi connectivity index (χ1v) is 8.53. The molecule has 0 aliphatic heterocycles. The lowest BCUT2D eigenvalue weighted by Gasteiger charge is -2.14. The Labute approximate surface area is 121 Å². The molecule has 0 saturated carbocycles. The highest BCUT2D eigenvalue weighted by Gasteiger charge is 2.17. The Morgan fingerprint density at radius 3 is 2.15 bits per heavy atom. The second-order valence-corrected chi connectivity index (χ2v) is 7.40. The minimum Gasteiger partial charge on any atom is -0.224 e. The van der Waals surface area contributed by atoms with Gasteiger partial charge in [-0.15, -0.1) is 0 Å². The Bertz CT molecular complexity index is 744. The van der Waals surface area contributed by atoms with Gasteiger partial charge < -0.3 is 0 Å². The van der Waals surface area contributed by atoms with Crippen molar-refractivity contribution < 1.29 is 8.42 Å². The summed E-state index contributed by atoms with van der Waals surface area (Å²) in [6.45, 7) is 5.92. The summed E-state index contributed by atoms with van der Waals surface area (Å²) >= 11 is 0. The summed E-state index contributed by atoms with van der Waals surface area (Å²) in [7, 11) is -3.21. The molecule has 0 unspecified atom stereocenters. The molecule has 2 aromatic carbocycles. The van der Waals surface area contributed by atoms with Crippen molar-refractivity contribution in [2.24, 2.45) is 0 Å². The van der Waals surface area contributed by atoms with Crippen LogP contribution in [-0.2, 0) is 16.3 Å². The highest BCUT2D eigenvalue weighted by molar-refractivity contribution is 7.90. The van der Waals surface area contributed by atoms with E-state index in [1.54, 1.807) is 0 Å². The van der Waals surface area contributed by atoms with E-state index < -0.39 is 9.84 Å². The van der Waals surface area contributed by atoms with Crippen LogP contribution in [0.25, 0.3) is 0 Å². The number of hydrogen-bond donors (Lipinski definition) is 0. The minimum atomic E-state index is -3.21. The zero-order valence-corrected chi connectivity index (χ0v) is 13.2. The van der Waals surface area contributed by atoms with Gasteiger partial charge in [-0.2, -0.15) is 0 Å². The summed E-state index contributed by atoms with van der Waals surface area (Å²) in [6.07, 6.45) is 1.93. The maximum atomic E-state index is 12.1. The fourth-order valence-electron chi connectivity index (χ4n) is 2.72. The summed E-state index contributed by atoms with van der Waals surface area (Å²) in [4.78, 5) is 0.478. The number of sulfone groups is 1. The van der Waals surface area contributed by atoms with Crippen molar-refractivity contribution in [1.29, 1.82) is 0 Å². The summed E-state index contributed by atoms with van der Waals surface area (Å²) < 4.78 is 24.1. The van der Waals surface area contributed by atoms with E-state index in [0.29, 0.717) is 11.3 Å². The van der Waals surface area contributed by atoms with Crippen LogP contribution in [0.2, 0.25) is 0 Å². The first kappa shape index (κ1) is 14.8. The standard InChI is InChI=1S/C17H20O2S/c1-12-9-14(3)17(20(4,18)19)16(10-12)11-15-8-6-5-7-13(15)2/h5-10H,11H2,1-4H3. The van der Waals surface area contributed by atoms with Gasteiger partial charge in [-0.25, -0.2) is 8.42 Å². The van der Waals surface area contributed by atoms with Crippen molar-refractivity contribution in [3.8, 4) is 0 Å². The van der Waals surface area contributed by atoms with Crippen LogP contribution in [0.5, 0.6) is 0 Å². The summed E-state index contributed by atoms with van der Waals surface area (Å²) in [6, 6.07) is 12.0. The highest BCUT2D eigenvalue weighted by Crippen LogP contribution is 2.25. The Morgan fingerprint density at radius 2 is 1.55 bits per heavy atom. The Kier molecular flexibility index (Phi) is 4.00. The number of rotatable bonds is 3. The topological polar surface area (TPSA) is 34.1 Å². The van der Waals surface area contributed by atoms with Crippen molar-refractivity contribution in [1.82, 2.24) is 0 Å². The van der Waals surface area contributed by atoms with Gasteiger partial charge in [0.15, 0.2) is 9.84 Å². The molecule has 2 rings (SSSR count). The van der Waals surface area contributed by atoms with E-state index in [4.69, 9.17) is 0 Å². The molecule has 0 heterocycles. The molecule has 0 bridgehead atoms. The van der Waals surface area contributed by atoms with Crippen LogP contribution in [0, 0.1) is 20.8 Å². The van der Waals surface area contributed by atoms with Gasteiger partial charge in [0.1, 0.15) is 0 Å². The van der Waals surface area contributed by atoms with Crippen molar-refractivity contribution in [3.05, 3.63) is 64.2 Å². The van der Waals surface area contributed by atoms with Crippen LogP contribution >= 0.6 is 0 Å². The summed E-state index contributed by atoms with van der Waals surface area (Å²) in [5, 5.41) is 0. The van der Waals surface area contributed by atoms with E-state index in [1.807, 2.05) is 38.1 Å². The van der Waals surface area contributed by atoms with Crippen LogP contribution < -0.4 is 0 Å². The fourth-order valence-corrected chi connectivity index (χ4v) is 3.97. The lowest BCUT2D eigenvalue weighted by Crippen LogP contribution is -2.07. The summed E-state index contributed by atoms with van der Waals surface area (Å²) in [5.74, 6) is 0. The minimum absolute atomic E-state index is 0.478. The fraction of sp³-hybridized carbons (Fsp3) is 0.294. The van der Waals surface area contributed by atoms with Crippen molar-refractivity contribution in [2.75, 3.05) is 6.26 Å². The van der Waals surface area contributed by atoms with E-state index in [9.17, 15) is 8.42 Å². The monoisotopic (exact) mass is 288 g/mol. The molecule has 0 radical (unpaired) electrons. The molecular formula is C17H20O2S. The quantitative estimate of drug-likeness (QED) is 0.864. The van der Waals surface area contributed by atoms with Crippen LogP contribution in [0.4, 0.5) is 0 Å². The molecule has 0 N–H and O–H groups in total. The molecule has 106 valence electrons. The summed E-state index contributed by atoms with van der Waals surface area (Å²) in [5.41, 5.74) is 5.17. The van der Waals surface area contributed by atoms with Gasteiger partial charge >= 0.3 is 0 Å². The third kappa shape index (κ3) is 3.10. The van der Waals surface area contributed by atoms with Crippen molar-refractivity contribution in [2.45, 2.75) is 32.1 Å². The van der Waals surface area contributed by atoms with E-state index >= 15 is 0 Å². The molecule has 0 amide bonds.